The van der Waals surface area contributed by atoms with Crippen molar-refractivity contribution in [3.05, 3.63) is 188 Å². The smallest absolute Gasteiger partial charge is 0.165 e. The van der Waals surface area contributed by atoms with Gasteiger partial charge in [-0.25, -0.2) is 15.0 Å². The summed E-state index contributed by atoms with van der Waals surface area (Å²) in [7, 11) is 0. The molecule has 0 saturated carbocycles. The fourth-order valence-electron chi connectivity index (χ4n) is 7.69. The molecule has 1 heterocycles. The van der Waals surface area contributed by atoms with E-state index in [0.717, 1.165) is 38.4 Å². The van der Waals surface area contributed by atoms with Crippen LogP contribution in [0.4, 0.5) is 0 Å². The second-order valence-corrected chi connectivity index (χ2v) is 13.1. The van der Waals surface area contributed by atoms with Crippen LogP contribution in [-0.2, 0) is 0 Å². The number of hydrogen-bond acceptors (Lipinski definition) is 3. The van der Waals surface area contributed by atoms with Gasteiger partial charge in [0.25, 0.3) is 0 Å². The second kappa shape index (κ2) is 12.4. The molecule has 0 saturated heterocycles. The molecular formula is C49H31N3. The molecule has 0 spiro atoms. The molecule has 0 aliphatic heterocycles. The van der Waals surface area contributed by atoms with Crippen molar-refractivity contribution in [1.82, 2.24) is 15.0 Å². The van der Waals surface area contributed by atoms with E-state index in [-0.39, 0.29) is 0 Å². The minimum absolute atomic E-state index is 0.639. The van der Waals surface area contributed by atoms with Gasteiger partial charge in [0.15, 0.2) is 17.5 Å². The van der Waals surface area contributed by atoms with Gasteiger partial charge in [0, 0.05) is 16.7 Å². The fraction of sp³-hybridized carbons (Fsp3) is 0. The summed E-state index contributed by atoms with van der Waals surface area (Å²) in [6, 6.07) is 66.4. The summed E-state index contributed by atoms with van der Waals surface area (Å²) in [5.41, 5.74) is 7.63. The van der Waals surface area contributed by atoms with E-state index in [9.17, 15) is 0 Å². The van der Waals surface area contributed by atoms with Crippen LogP contribution >= 0.6 is 0 Å². The van der Waals surface area contributed by atoms with Crippen LogP contribution < -0.4 is 0 Å². The maximum atomic E-state index is 5.31. The first-order valence-corrected chi connectivity index (χ1v) is 17.6. The molecule has 10 aromatic rings. The number of rotatable bonds is 5. The van der Waals surface area contributed by atoms with Crippen molar-refractivity contribution in [1.29, 1.82) is 0 Å². The lowest BCUT2D eigenvalue weighted by molar-refractivity contribution is 1.08. The third-order valence-electron chi connectivity index (χ3n) is 10.1. The van der Waals surface area contributed by atoms with Crippen molar-refractivity contribution in [2.75, 3.05) is 0 Å². The first kappa shape index (κ1) is 29.9. The average molecular weight is 662 g/mol. The van der Waals surface area contributed by atoms with Crippen LogP contribution in [0.25, 0.3) is 99.5 Å². The molecule has 0 aliphatic rings. The lowest BCUT2D eigenvalue weighted by Gasteiger charge is -2.20. The zero-order valence-corrected chi connectivity index (χ0v) is 28.2. The van der Waals surface area contributed by atoms with E-state index in [4.69, 9.17) is 15.0 Å². The third kappa shape index (κ3) is 5.02. The van der Waals surface area contributed by atoms with E-state index in [1.807, 2.05) is 24.3 Å². The number of nitrogens with zero attached hydrogens (tertiary/aromatic N) is 3. The molecule has 10 rings (SSSR count). The van der Waals surface area contributed by atoms with Crippen LogP contribution in [0.2, 0.25) is 0 Å². The molecule has 0 aliphatic carbocycles. The summed E-state index contributed by atoms with van der Waals surface area (Å²) in [5.74, 6) is 1.93. The van der Waals surface area contributed by atoms with E-state index >= 15 is 0 Å². The van der Waals surface area contributed by atoms with Crippen LogP contribution in [0, 0.1) is 0 Å². The van der Waals surface area contributed by atoms with Gasteiger partial charge in [-0.1, -0.05) is 188 Å². The SMILES string of the molecule is c1ccc(-c2ccc(-c3nc(-c4ccccc4)nc(-c4c5ccccc5c(-c5cccc6ccccc56)c5c4ccc4ccccc45)n3)cc2)cc1. The molecule has 0 bridgehead atoms. The predicted molar refractivity (Wildman–Crippen MR) is 217 cm³/mol. The van der Waals surface area contributed by atoms with Crippen LogP contribution in [0.3, 0.4) is 0 Å². The van der Waals surface area contributed by atoms with Gasteiger partial charge in [-0.05, 0) is 65.3 Å². The van der Waals surface area contributed by atoms with E-state index in [0.29, 0.717) is 17.5 Å². The van der Waals surface area contributed by atoms with Gasteiger partial charge in [0.2, 0.25) is 0 Å². The molecule has 0 amide bonds. The van der Waals surface area contributed by atoms with Crippen LogP contribution in [-0.4, -0.2) is 15.0 Å². The molecular weight excluding hydrogens is 631 g/mol. The summed E-state index contributed by atoms with van der Waals surface area (Å²) in [6.07, 6.45) is 0. The Balaban J connectivity index is 1.30. The zero-order chi connectivity index (χ0) is 34.4. The number of benzene rings is 9. The summed E-state index contributed by atoms with van der Waals surface area (Å²) in [4.78, 5) is 15.7. The van der Waals surface area contributed by atoms with Gasteiger partial charge in [-0.2, -0.15) is 0 Å². The molecule has 0 N–H and O–H groups in total. The maximum Gasteiger partial charge on any atom is 0.165 e. The third-order valence-corrected chi connectivity index (χ3v) is 10.1. The van der Waals surface area contributed by atoms with Gasteiger partial charge in [-0.3, -0.25) is 0 Å². The molecule has 9 aromatic carbocycles. The van der Waals surface area contributed by atoms with Crippen molar-refractivity contribution < 1.29 is 0 Å². The zero-order valence-electron chi connectivity index (χ0n) is 28.2. The molecule has 52 heavy (non-hydrogen) atoms. The molecule has 1 aromatic heterocycles. The van der Waals surface area contributed by atoms with Gasteiger partial charge in [-0.15, -0.1) is 0 Å². The molecule has 242 valence electrons. The van der Waals surface area contributed by atoms with Crippen molar-refractivity contribution in [2.45, 2.75) is 0 Å². The summed E-state index contributed by atoms with van der Waals surface area (Å²) < 4.78 is 0. The first-order chi connectivity index (χ1) is 25.8. The first-order valence-electron chi connectivity index (χ1n) is 17.6. The molecule has 0 unspecified atom stereocenters. The van der Waals surface area contributed by atoms with Crippen LogP contribution in [0.15, 0.2) is 188 Å². The topological polar surface area (TPSA) is 38.7 Å². The highest BCUT2D eigenvalue weighted by Crippen LogP contribution is 2.47. The minimum Gasteiger partial charge on any atom is -0.208 e. The highest BCUT2D eigenvalue weighted by molar-refractivity contribution is 6.29. The van der Waals surface area contributed by atoms with Crippen molar-refractivity contribution in [3.63, 3.8) is 0 Å². The number of aromatic nitrogens is 3. The Kier molecular flexibility index (Phi) is 7.14. The Morgan fingerprint density at radius 1 is 0.250 bits per heavy atom. The van der Waals surface area contributed by atoms with Crippen LogP contribution in [0.1, 0.15) is 0 Å². The lowest BCUT2D eigenvalue weighted by Crippen LogP contribution is -2.02. The Labute approximate surface area is 301 Å². The highest BCUT2D eigenvalue weighted by atomic mass is 15.0. The van der Waals surface area contributed by atoms with Crippen molar-refractivity contribution in [3.8, 4) is 56.4 Å². The van der Waals surface area contributed by atoms with Gasteiger partial charge in [0.1, 0.15) is 0 Å². The quantitative estimate of drug-likeness (QED) is 0.136. The number of hydrogen-bond donors (Lipinski definition) is 0. The van der Waals surface area contributed by atoms with Crippen molar-refractivity contribution in [2.24, 2.45) is 0 Å². The Morgan fingerprint density at radius 2 is 0.712 bits per heavy atom. The highest BCUT2D eigenvalue weighted by Gasteiger charge is 2.22. The molecule has 0 fully saturated rings. The standard InChI is InChI=1S/C49H31N3/c1-3-14-32(15-4-1)33-26-28-37(29-27-33)48-50-47(36-18-5-2-6-19-36)51-49(52-48)46-42-24-12-11-23-41(42)45(40-25-13-20-34-16-7-9-21-38(34)40)44-39-22-10-8-17-35(39)30-31-43(44)46/h1-31H. The van der Waals surface area contributed by atoms with Gasteiger partial charge < -0.3 is 0 Å². The van der Waals surface area contributed by atoms with Gasteiger partial charge >= 0.3 is 0 Å². The summed E-state index contributed by atoms with van der Waals surface area (Å²) in [5, 5.41) is 9.40. The molecule has 0 atom stereocenters. The van der Waals surface area contributed by atoms with Gasteiger partial charge in [0.05, 0.1) is 0 Å². The normalized spacial score (nSPS) is 11.5. The fourth-order valence-corrected chi connectivity index (χ4v) is 7.69. The molecule has 3 heteroatoms. The van der Waals surface area contributed by atoms with E-state index in [1.54, 1.807) is 0 Å². The predicted octanol–water partition coefficient (Wildman–Crippen LogP) is 12.8. The summed E-state index contributed by atoms with van der Waals surface area (Å²) in [6.45, 7) is 0. The van der Waals surface area contributed by atoms with E-state index in [2.05, 4.69) is 164 Å². The molecule has 0 radical (unpaired) electrons. The lowest BCUT2D eigenvalue weighted by atomic mass is 9.84. The number of fused-ring (bicyclic) bond motifs is 5. The Bertz CT molecular complexity index is 2930. The van der Waals surface area contributed by atoms with Crippen LogP contribution in [0.5, 0.6) is 0 Å². The maximum absolute atomic E-state index is 5.31. The van der Waals surface area contributed by atoms with E-state index < -0.39 is 0 Å². The molecule has 3 nitrogen and oxygen atoms in total. The monoisotopic (exact) mass is 661 g/mol. The average Bonchev–Trinajstić information content (AvgIpc) is 3.23. The van der Waals surface area contributed by atoms with E-state index in [1.165, 1.54) is 43.6 Å². The summed E-state index contributed by atoms with van der Waals surface area (Å²) >= 11 is 0. The van der Waals surface area contributed by atoms with Crippen molar-refractivity contribution >= 4 is 43.1 Å². The largest absolute Gasteiger partial charge is 0.208 e. The Hall–Kier alpha value is -6.97. The second-order valence-electron chi connectivity index (χ2n) is 13.1. The minimum atomic E-state index is 0.639. The Morgan fingerprint density at radius 3 is 1.40 bits per heavy atom.